The molecule has 2 aromatic rings. The van der Waals surface area contributed by atoms with Gasteiger partial charge in [0.25, 0.3) is 0 Å². The van der Waals surface area contributed by atoms with Crippen molar-refractivity contribution in [1.82, 2.24) is 9.97 Å². The summed E-state index contributed by atoms with van der Waals surface area (Å²) in [5, 5.41) is 0. The van der Waals surface area contributed by atoms with Crippen molar-refractivity contribution in [3.63, 3.8) is 0 Å². The molecule has 0 unspecified atom stereocenters. The van der Waals surface area contributed by atoms with Gasteiger partial charge in [-0.15, -0.1) is 0 Å². The quantitative estimate of drug-likeness (QED) is 0.816. The van der Waals surface area contributed by atoms with Crippen LogP contribution in [-0.4, -0.2) is 16.6 Å². The Morgan fingerprint density at radius 3 is 2.82 bits per heavy atom. The standard InChI is InChI=1S/C13H13FN2O/c1-3-17-13-8-15-7-12(16-13)10-5-4-9(2)11(14)6-10/h4-8H,3H2,1-2H3. The third-order valence-corrected chi connectivity index (χ3v) is 2.37. The van der Waals surface area contributed by atoms with Gasteiger partial charge in [0.1, 0.15) is 5.82 Å². The van der Waals surface area contributed by atoms with Crippen LogP contribution in [0.2, 0.25) is 0 Å². The molecule has 0 aliphatic rings. The van der Waals surface area contributed by atoms with Gasteiger partial charge in [0.2, 0.25) is 5.88 Å². The van der Waals surface area contributed by atoms with E-state index in [4.69, 9.17) is 4.74 Å². The number of aryl methyl sites for hydroxylation is 1. The molecule has 2 rings (SSSR count). The normalized spacial score (nSPS) is 10.3. The highest BCUT2D eigenvalue weighted by molar-refractivity contribution is 5.59. The molecule has 0 saturated heterocycles. The molecule has 0 saturated carbocycles. The Labute approximate surface area is 99.3 Å². The van der Waals surface area contributed by atoms with Crippen LogP contribution in [0.3, 0.4) is 0 Å². The topological polar surface area (TPSA) is 35.0 Å². The number of nitrogens with zero attached hydrogens (tertiary/aromatic N) is 2. The van der Waals surface area contributed by atoms with Gasteiger partial charge in [0, 0.05) is 5.56 Å². The van der Waals surface area contributed by atoms with Crippen LogP contribution in [-0.2, 0) is 0 Å². The molecule has 4 heteroatoms. The molecule has 0 amide bonds. The van der Waals surface area contributed by atoms with E-state index in [2.05, 4.69) is 9.97 Å². The molecule has 0 aliphatic carbocycles. The number of rotatable bonds is 3. The number of hydrogen-bond acceptors (Lipinski definition) is 3. The van der Waals surface area contributed by atoms with Gasteiger partial charge in [0.05, 0.1) is 24.7 Å². The summed E-state index contributed by atoms with van der Waals surface area (Å²) in [4.78, 5) is 8.27. The number of ether oxygens (including phenoxy) is 1. The summed E-state index contributed by atoms with van der Waals surface area (Å²) in [7, 11) is 0. The van der Waals surface area contributed by atoms with Crippen molar-refractivity contribution in [3.05, 3.63) is 42.0 Å². The van der Waals surface area contributed by atoms with Crippen LogP contribution in [0.15, 0.2) is 30.6 Å². The van der Waals surface area contributed by atoms with Crippen molar-refractivity contribution in [2.24, 2.45) is 0 Å². The molecule has 88 valence electrons. The molecule has 1 heterocycles. The van der Waals surface area contributed by atoms with Gasteiger partial charge in [-0.05, 0) is 25.5 Å². The van der Waals surface area contributed by atoms with Crippen molar-refractivity contribution >= 4 is 0 Å². The van der Waals surface area contributed by atoms with Crippen LogP contribution in [0.1, 0.15) is 12.5 Å². The summed E-state index contributed by atoms with van der Waals surface area (Å²) in [6.45, 7) is 4.13. The third-order valence-electron chi connectivity index (χ3n) is 2.37. The fourth-order valence-corrected chi connectivity index (χ4v) is 1.46. The van der Waals surface area contributed by atoms with Crippen LogP contribution in [0.25, 0.3) is 11.3 Å². The molecule has 0 N–H and O–H groups in total. The first-order valence-corrected chi connectivity index (χ1v) is 5.42. The molecule has 0 aliphatic heterocycles. The van der Waals surface area contributed by atoms with Crippen LogP contribution in [0.5, 0.6) is 5.88 Å². The van der Waals surface area contributed by atoms with E-state index in [0.29, 0.717) is 29.3 Å². The molecule has 0 radical (unpaired) electrons. The maximum Gasteiger partial charge on any atom is 0.232 e. The molecule has 0 fully saturated rings. The second kappa shape index (κ2) is 4.91. The molecule has 17 heavy (non-hydrogen) atoms. The average molecular weight is 232 g/mol. The minimum atomic E-state index is -0.244. The zero-order valence-electron chi connectivity index (χ0n) is 9.77. The molecular weight excluding hydrogens is 219 g/mol. The zero-order chi connectivity index (χ0) is 12.3. The van der Waals surface area contributed by atoms with Crippen molar-refractivity contribution in [3.8, 4) is 17.1 Å². The summed E-state index contributed by atoms with van der Waals surface area (Å²) in [6, 6.07) is 4.99. The Balaban J connectivity index is 2.38. The first-order valence-electron chi connectivity index (χ1n) is 5.42. The number of aromatic nitrogens is 2. The minimum Gasteiger partial charge on any atom is -0.477 e. The summed E-state index contributed by atoms with van der Waals surface area (Å²) in [5.74, 6) is 0.206. The molecule has 3 nitrogen and oxygen atoms in total. The number of halogens is 1. The maximum absolute atomic E-state index is 13.4. The van der Waals surface area contributed by atoms with Crippen molar-refractivity contribution in [2.75, 3.05) is 6.61 Å². The van der Waals surface area contributed by atoms with Gasteiger partial charge in [-0.2, -0.15) is 0 Å². The van der Waals surface area contributed by atoms with Gasteiger partial charge < -0.3 is 4.74 Å². The maximum atomic E-state index is 13.4. The van der Waals surface area contributed by atoms with Gasteiger partial charge in [0.15, 0.2) is 0 Å². The summed E-state index contributed by atoms with van der Waals surface area (Å²) < 4.78 is 18.7. The van der Waals surface area contributed by atoms with Crippen molar-refractivity contribution < 1.29 is 9.13 Å². The fraction of sp³-hybridized carbons (Fsp3) is 0.231. The highest BCUT2D eigenvalue weighted by Gasteiger charge is 2.05. The molecule has 0 atom stereocenters. The number of benzene rings is 1. The Hall–Kier alpha value is -1.97. The fourth-order valence-electron chi connectivity index (χ4n) is 1.46. The van der Waals surface area contributed by atoms with Crippen molar-refractivity contribution in [1.29, 1.82) is 0 Å². The molecule has 1 aromatic carbocycles. The van der Waals surface area contributed by atoms with E-state index in [9.17, 15) is 4.39 Å². The second-order valence-corrected chi connectivity index (χ2v) is 3.64. The van der Waals surface area contributed by atoms with Gasteiger partial charge >= 0.3 is 0 Å². The van der Waals surface area contributed by atoms with Crippen LogP contribution < -0.4 is 4.74 Å². The molecule has 0 bridgehead atoms. The summed E-state index contributed by atoms with van der Waals surface area (Å²) >= 11 is 0. The van der Waals surface area contributed by atoms with Gasteiger partial charge in [-0.3, -0.25) is 4.98 Å². The van der Waals surface area contributed by atoms with E-state index in [1.807, 2.05) is 13.0 Å². The van der Waals surface area contributed by atoms with Crippen LogP contribution >= 0.6 is 0 Å². The smallest absolute Gasteiger partial charge is 0.232 e. The Bertz CT molecular complexity index is 529. The Kier molecular flexibility index (Phi) is 3.32. The lowest BCUT2D eigenvalue weighted by Crippen LogP contribution is -1.96. The van der Waals surface area contributed by atoms with E-state index in [0.717, 1.165) is 0 Å². The SMILES string of the molecule is CCOc1cncc(-c2ccc(C)c(F)c2)n1. The molecule has 0 spiro atoms. The summed E-state index contributed by atoms with van der Waals surface area (Å²) in [6.07, 6.45) is 3.13. The zero-order valence-corrected chi connectivity index (χ0v) is 9.77. The molecular formula is C13H13FN2O. The van der Waals surface area contributed by atoms with E-state index < -0.39 is 0 Å². The minimum absolute atomic E-state index is 0.244. The monoisotopic (exact) mass is 232 g/mol. The average Bonchev–Trinajstić information content (AvgIpc) is 2.33. The van der Waals surface area contributed by atoms with Gasteiger partial charge in [-0.25, -0.2) is 9.37 Å². The lowest BCUT2D eigenvalue weighted by Gasteiger charge is -2.05. The van der Waals surface area contributed by atoms with E-state index in [-0.39, 0.29) is 5.82 Å². The molecule has 1 aromatic heterocycles. The van der Waals surface area contributed by atoms with E-state index in [1.54, 1.807) is 19.2 Å². The van der Waals surface area contributed by atoms with Gasteiger partial charge in [-0.1, -0.05) is 12.1 Å². The highest BCUT2D eigenvalue weighted by atomic mass is 19.1. The van der Waals surface area contributed by atoms with E-state index >= 15 is 0 Å². The second-order valence-electron chi connectivity index (χ2n) is 3.64. The first-order chi connectivity index (χ1) is 8.20. The summed E-state index contributed by atoms with van der Waals surface area (Å²) in [5.41, 5.74) is 1.92. The third kappa shape index (κ3) is 2.58. The Morgan fingerprint density at radius 1 is 1.29 bits per heavy atom. The highest BCUT2D eigenvalue weighted by Crippen LogP contribution is 2.20. The van der Waals surface area contributed by atoms with Crippen LogP contribution in [0, 0.1) is 12.7 Å². The largest absolute Gasteiger partial charge is 0.477 e. The lowest BCUT2D eigenvalue weighted by atomic mass is 10.1. The number of hydrogen-bond donors (Lipinski definition) is 0. The van der Waals surface area contributed by atoms with Crippen LogP contribution in [0.4, 0.5) is 4.39 Å². The Morgan fingerprint density at radius 2 is 2.12 bits per heavy atom. The van der Waals surface area contributed by atoms with E-state index in [1.165, 1.54) is 12.3 Å². The van der Waals surface area contributed by atoms with Crippen molar-refractivity contribution in [2.45, 2.75) is 13.8 Å². The predicted molar refractivity (Wildman–Crippen MR) is 63.3 cm³/mol. The first kappa shape index (κ1) is 11.5. The predicted octanol–water partition coefficient (Wildman–Crippen LogP) is 2.99. The lowest BCUT2D eigenvalue weighted by molar-refractivity contribution is 0.325.